The molecule has 8 heteroatoms. The average molecular weight is 423 g/mol. The fraction of sp³-hybridized carbons (Fsp3) is 0.0476. The second kappa shape index (κ2) is 8.38. The molecule has 0 unspecified atom stereocenters. The van der Waals surface area contributed by atoms with Crippen molar-refractivity contribution in [2.75, 3.05) is 5.32 Å². The summed E-state index contributed by atoms with van der Waals surface area (Å²) >= 11 is 7.21. The molecule has 0 fully saturated rings. The van der Waals surface area contributed by atoms with Crippen LogP contribution in [-0.2, 0) is 11.3 Å². The van der Waals surface area contributed by atoms with Crippen LogP contribution in [0.4, 0.5) is 5.13 Å². The zero-order valence-corrected chi connectivity index (χ0v) is 16.7. The Hall–Kier alpha value is -3.29. The standard InChI is InChI=1S/C21H15ClN4O2S/c22-16-8-6-15(7-9-16)18-13-29-21(23-18)24-19(27)12-26-20(28)11-10-17(25-26)14-4-2-1-3-5-14/h1-11,13H,12H2,(H,23,24,27). The predicted molar refractivity (Wildman–Crippen MR) is 115 cm³/mol. The Morgan fingerprint density at radius 1 is 0.966 bits per heavy atom. The van der Waals surface area contributed by atoms with Gasteiger partial charge in [0.1, 0.15) is 6.54 Å². The SMILES string of the molecule is O=C(Cn1nc(-c2ccccc2)ccc1=O)Nc1nc(-c2ccc(Cl)cc2)cs1. The molecule has 0 bridgehead atoms. The highest BCUT2D eigenvalue weighted by molar-refractivity contribution is 7.14. The number of carbonyl (C=O) groups excluding carboxylic acids is 1. The molecule has 0 saturated carbocycles. The van der Waals surface area contributed by atoms with E-state index in [2.05, 4.69) is 15.4 Å². The van der Waals surface area contributed by atoms with Crippen LogP contribution in [0.1, 0.15) is 0 Å². The van der Waals surface area contributed by atoms with E-state index >= 15 is 0 Å². The molecule has 4 aromatic rings. The number of hydrogen-bond donors (Lipinski definition) is 1. The molecular weight excluding hydrogens is 408 g/mol. The molecule has 0 aliphatic rings. The van der Waals surface area contributed by atoms with Gasteiger partial charge in [0.15, 0.2) is 5.13 Å². The second-order valence-corrected chi connectivity index (χ2v) is 7.47. The second-order valence-electron chi connectivity index (χ2n) is 6.17. The molecule has 0 radical (unpaired) electrons. The molecule has 2 aromatic heterocycles. The molecule has 144 valence electrons. The Bertz CT molecular complexity index is 1200. The van der Waals surface area contributed by atoms with Crippen molar-refractivity contribution in [1.82, 2.24) is 14.8 Å². The Kier molecular flexibility index (Phi) is 5.50. The summed E-state index contributed by atoms with van der Waals surface area (Å²) in [6, 6.07) is 19.8. The molecule has 2 aromatic carbocycles. The van der Waals surface area contributed by atoms with E-state index in [0.717, 1.165) is 21.5 Å². The van der Waals surface area contributed by atoms with Crippen LogP contribution in [0.5, 0.6) is 0 Å². The lowest BCUT2D eigenvalue weighted by Crippen LogP contribution is -2.29. The van der Waals surface area contributed by atoms with Gasteiger partial charge in [-0.2, -0.15) is 5.10 Å². The van der Waals surface area contributed by atoms with Crippen LogP contribution in [0.15, 0.2) is 76.9 Å². The topological polar surface area (TPSA) is 76.9 Å². The van der Waals surface area contributed by atoms with Crippen molar-refractivity contribution in [3.63, 3.8) is 0 Å². The van der Waals surface area contributed by atoms with Gasteiger partial charge in [-0.1, -0.05) is 54.1 Å². The van der Waals surface area contributed by atoms with E-state index in [-0.39, 0.29) is 18.0 Å². The molecule has 4 rings (SSSR count). The zero-order chi connectivity index (χ0) is 20.2. The van der Waals surface area contributed by atoms with E-state index in [1.807, 2.05) is 47.8 Å². The number of nitrogens with zero attached hydrogens (tertiary/aromatic N) is 3. The lowest BCUT2D eigenvalue weighted by atomic mass is 10.1. The van der Waals surface area contributed by atoms with Crippen molar-refractivity contribution in [3.8, 4) is 22.5 Å². The van der Waals surface area contributed by atoms with Gasteiger partial charge < -0.3 is 5.32 Å². The summed E-state index contributed by atoms with van der Waals surface area (Å²) < 4.78 is 1.14. The molecule has 29 heavy (non-hydrogen) atoms. The first kappa shape index (κ1) is 19.0. The van der Waals surface area contributed by atoms with Crippen molar-refractivity contribution in [1.29, 1.82) is 0 Å². The van der Waals surface area contributed by atoms with Gasteiger partial charge in [-0.3, -0.25) is 9.59 Å². The Morgan fingerprint density at radius 3 is 2.45 bits per heavy atom. The van der Waals surface area contributed by atoms with Crippen LogP contribution < -0.4 is 10.9 Å². The highest BCUT2D eigenvalue weighted by Crippen LogP contribution is 2.26. The molecule has 1 N–H and O–H groups in total. The first-order chi connectivity index (χ1) is 14.1. The van der Waals surface area contributed by atoms with Crippen LogP contribution in [-0.4, -0.2) is 20.7 Å². The lowest BCUT2D eigenvalue weighted by molar-refractivity contribution is -0.117. The Morgan fingerprint density at radius 2 is 1.69 bits per heavy atom. The smallest absolute Gasteiger partial charge is 0.267 e. The number of halogens is 1. The maximum absolute atomic E-state index is 12.4. The summed E-state index contributed by atoms with van der Waals surface area (Å²) in [4.78, 5) is 28.9. The van der Waals surface area contributed by atoms with Gasteiger partial charge in [0.2, 0.25) is 5.91 Å². The van der Waals surface area contributed by atoms with Crippen molar-refractivity contribution in [2.24, 2.45) is 0 Å². The van der Waals surface area contributed by atoms with E-state index in [0.29, 0.717) is 15.8 Å². The van der Waals surface area contributed by atoms with Gasteiger partial charge in [0, 0.05) is 27.6 Å². The average Bonchev–Trinajstić information content (AvgIpc) is 3.19. The van der Waals surface area contributed by atoms with E-state index in [9.17, 15) is 9.59 Å². The molecule has 2 heterocycles. The molecule has 0 atom stereocenters. The van der Waals surface area contributed by atoms with Gasteiger partial charge >= 0.3 is 0 Å². The Labute approximate surface area is 175 Å². The number of benzene rings is 2. The number of amides is 1. The summed E-state index contributed by atoms with van der Waals surface area (Å²) in [6.07, 6.45) is 0. The number of aromatic nitrogens is 3. The minimum absolute atomic E-state index is 0.199. The van der Waals surface area contributed by atoms with E-state index < -0.39 is 0 Å². The minimum atomic E-state index is -0.373. The Balaban J connectivity index is 1.48. The maximum atomic E-state index is 12.4. The summed E-state index contributed by atoms with van der Waals surface area (Å²) in [6.45, 7) is -0.199. The van der Waals surface area contributed by atoms with Gasteiger partial charge in [-0.25, -0.2) is 9.67 Å². The summed E-state index contributed by atoms with van der Waals surface area (Å²) in [5.41, 5.74) is 2.79. The fourth-order valence-electron chi connectivity index (χ4n) is 2.70. The van der Waals surface area contributed by atoms with Crippen molar-refractivity contribution < 1.29 is 4.79 Å². The van der Waals surface area contributed by atoms with Gasteiger partial charge in [-0.05, 0) is 18.2 Å². The quantitative estimate of drug-likeness (QED) is 0.519. The van der Waals surface area contributed by atoms with E-state index in [1.165, 1.54) is 17.4 Å². The number of rotatable bonds is 5. The third-order valence-corrected chi connectivity index (χ3v) is 5.13. The molecule has 0 aliphatic carbocycles. The predicted octanol–water partition coefficient (Wildman–Crippen LogP) is 4.33. The third kappa shape index (κ3) is 4.59. The first-order valence-electron chi connectivity index (χ1n) is 8.73. The normalized spacial score (nSPS) is 10.7. The van der Waals surface area contributed by atoms with Crippen LogP contribution in [0.2, 0.25) is 5.02 Å². The summed E-state index contributed by atoms with van der Waals surface area (Å²) in [7, 11) is 0. The molecule has 0 saturated heterocycles. The molecule has 0 aliphatic heterocycles. The largest absolute Gasteiger partial charge is 0.300 e. The van der Waals surface area contributed by atoms with Gasteiger partial charge in [-0.15, -0.1) is 11.3 Å². The van der Waals surface area contributed by atoms with Crippen LogP contribution in [0, 0.1) is 0 Å². The number of hydrogen-bond acceptors (Lipinski definition) is 5. The molecular formula is C21H15ClN4O2S. The summed E-state index contributed by atoms with van der Waals surface area (Å²) in [5.74, 6) is -0.373. The first-order valence-corrected chi connectivity index (χ1v) is 9.99. The maximum Gasteiger partial charge on any atom is 0.267 e. The van der Waals surface area contributed by atoms with E-state index in [1.54, 1.807) is 18.2 Å². The zero-order valence-electron chi connectivity index (χ0n) is 15.1. The fourth-order valence-corrected chi connectivity index (χ4v) is 3.57. The number of carbonyl (C=O) groups is 1. The number of anilines is 1. The summed E-state index contributed by atoms with van der Waals surface area (Å²) in [5, 5.41) is 9.96. The molecule has 0 spiro atoms. The lowest BCUT2D eigenvalue weighted by Gasteiger charge is -2.07. The van der Waals surface area contributed by atoms with Crippen LogP contribution in [0.3, 0.4) is 0 Å². The highest BCUT2D eigenvalue weighted by Gasteiger charge is 2.11. The van der Waals surface area contributed by atoms with Gasteiger partial charge in [0.25, 0.3) is 5.56 Å². The number of thiazole rings is 1. The van der Waals surface area contributed by atoms with Crippen LogP contribution >= 0.6 is 22.9 Å². The number of nitrogens with one attached hydrogen (secondary N) is 1. The van der Waals surface area contributed by atoms with Crippen molar-refractivity contribution in [2.45, 2.75) is 6.54 Å². The molecule has 6 nitrogen and oxygen atoms in total. The minimum Gasteiger partial charge on any atom is -0.300 e. The third-order valence-electron chi connectivity index (χ3n) is 4.12. The van der Waals surface area contributed by atoms with Crippen molar-refractivity contribution >= 4 is 34.0 Å². The molecule has 1 amide bonds. The highest BCUT2D eigenvalue weighted by atomic mass is 35.5. The van der Waals surface area contributed by atoms with Crippen LogP contribution in [0.25, 0.3) is 22.5 Å². The monoisotopic (exact) mass is 422 g/mol. The van der Waals surface area contributed by atoms with E-state index in [4.69, 9.17) is 11.6 Å². The van der Waals surface area contributed by atoms with Crippen molar-refractivity contribution in [3.05, 3.63) is 87.5 Å². The van der Waals surface area contributed by atoms with Gasteiger partial charge in [0.05, 0.1) is 11.4 Å².